The Morgan fingerprint density at radius 1 is 0.339 bits per heavy atom. The van der Waals surface area contributed by atoms with Crippen LogP contribution >= 0.6 is 0 Å². The molecule has 0 radical (unpaired) electrons. The summed E-state index contributed by atoms with van der Waals surface area (Å²) in [6, 6.07) is 0. The average Bonchev–Trinajstić information content (AvgIpc) is 3.27. The smallest absolute Gasteiger partial charge is 0.306 e. The van der Waals surface area contributed by atoms with E-state index in [0.29, 0.717) is 19.3 Å². The molecule has 0 bridgehead atoms. The van der Waals surface area contributed by atoms with E-state index in [2.05, 4.69) is 81.5 Å². The van der Waals surface area contributed by atoms with Crippen LogP contribution in [0.15, 0.2) is 60.8 Å². The van der Waals surface area contributed by atoms with Crippen molar-refractivity contribution in [2.24, 2.45) is 0 Å². The third-order valence-corrected chi connectivity index (χ3v) is 11.2. The Kier molecular flexibility index (Phi) is 48.4. The highest BCUT2D eigenvalue weighted by atomic mass is 16.6. The Bertz CT molecular complexity index is 1130. The Balaban J connectivity index is 4.40. The summed E-state index contributed by atoms with van der Waals surface area (Å²) in [6.07, 6.45) is 62.0. The van der Waals surface area contributed by atoms with Gasteiger partial charge in [0.1, 0.15) is 13.2 Å². The number of esters is 3. The van der Waals surface area contributed by atoms with E-state index in [4.69, 9.17) is 14.2 Å². The molecule has 1 atom stereocenters. The van der Waals surface area contributed by atoms with E-state index in [-0.39, 0.29) is 31.1 Å². The minimum atomic E-state index is -0.786. The van der Waals surface area contributed by atoms with Crippen molar-refractivity contribution < 1.29 is 28.6 Å². The monoisotopic (exact) mass is 867 g/mol. The van der Waals surface area contributed by atoms with Gasteiger partial charge in [0.05, 0.1) is 0 Å². The van der Waals surface area contributed by atoms with Crippen LogP contribution in [-0.2, 0) is 28.6 Å². The number of hydrogen-bond donors (Lipinski definition) is 0. The van der Waals surface area contributed by atoms with Crippen molar-refractivity contribution in [3.05, 3.63) is 60.8 Å². The van der Waals surface area contributed by atoms with E-state index >= 15 is 0 Å². The van der Waals surface area contributed by atoms with Crippen molar-refractivity contribution in [2.75, 3.05) is 13.2 Å². The second-order valence-corrected chi connectivity index (χ2v) is 17.4. The zero-order valence-corrected chi connectivity index (χ0v) is 40.9. The largest absolute Gasteiger partial charge is 0.462 e. The lowest BCUT2D eigenvalue weighted by atomic mass is 10.0. The summed E-state index contributed by atoms with van der Waals surface area (Å²) in [6.45, 7) is 6.45. The molecule has 6 heteroatoms. The summed E-state index contributed by atoms with van der Waals surface area (Å²) in [7, 11) is 0. The van der Waals surface area contributed by atoms with Crippen LogP contribution in [0, 0.1) is 0 Å². The zero-order valence-electron chi connectivity index (χ0n) is 40.9. The summed E-state index contributed by atoms with van der Waals surface area (Å²) in [5.41, 5.74) is 0. The molecule has 0 fully saturated rings. The molecule has 6 nitrogen and oxygen atoms in total. The van der Waals surface area contributed by atoms with Crippen LogP contribution in [0.4, 0.5) is 0 Å². The Morgan fingerprint density at radius 3 is 1.05 bits per heavy atom. The summed E-state index contributed by atoms with van der Waals surface area (Å²) in [4.78, 5) is 38.0. The number of rotatable bonds is 47. The molecule has 0 aromatic carbocycles. The molecule has 0 saturated heterocycles. The van der Waals surface area contributed by atoms with Gasteiger partial charge in [0, 0.05) is 19.3 Å². The van der Waals surface area contributed by atoms with Crippen LogP contribution < -0.4 is 0 Å². The van der Waals surface area contributed by atoms with Crippen LogP contribution in [0.25, 0.3) is 0 Å². The third kappa shape index (κ3) is 48.1. The summed E-state index contributed by atoms with van der Waals surface area (Å²) in [5.74, 6) is -0.909. The van der Waals surface area contributed by atoms with Crippen molar-refractivity contribution in [2.45, 2.75) is 264 Å². The zero-order chi connectivity index (χ0) is 45.1. The minimum absolute atomic E-state index is 0.0839. The minimum Gasteiger partial charge on any atom is -0.462 e. The van der Waals surface area contributed by atoms with Crippen LogP contribution in [-0.4, -0.2) is 37.2 Å². The lowest BCUT2D eigenvalue weighted by Crippen LogP contribution is -2.30. The van der Waals surface area contributed by atoms with Gasteiger partial charge < -0.3 is 14.2 Å². The summed E-state index contributed by atoms with van der Waals surface area (Å²) < 4.78 is 16.8. The van der Waals surface area contributed by atoms with E-state index in [1.807, 2.05) is 0 Å². The molecular weight excluding hydrogens is 769 g/mol. The van der Waals surface area contributed by atoms with Gasteiger partial charge in [-0.25, -0.2) is 0 Å². The van der Waals surface area contributed by atoms with E-state index in [9.17, 15) is 14.4 Å². The fourth-order valence-electron chi connectivity index (χ4n) is 7.32. The standard InChI is InChI=1S/C56H98O6/c1-4-7-10-13-16-19-22-25-27-29-31-34-37-40-43-46-49-55(58)61-52-53(51-60-54(57)48-45-42-39-36-33-30-24-21-18-15-12-9-6-3)62-56(59)50-47-44-41-38-35-32-28-26-23-20-17-14-11-8-5-2/h8,11-12,15,17,20-21,24,26,28,53H,4-7,9-10,13-14,16,18-19,22-23,25,27,29-52H2,1-3H3/b11-8-,15-12-,20-17-,24-21-,28-26-. The van der Waals surface area contributed by atoms with Gasteiger partial charge in [-0.05, 0) is 77.0 Å². The van der Waals surface area contributed by atoms with Crippen molar-refractivity contribution in [1.82, 2.24) is 0 Å². The van der Waals surface area contributed by atoms with E-state index in [0.717, 1.165) is 122 Å². The molecule has 0 rings (SSSR count). The SMILES string of the molecule is CC/C=C\C/C=C\C/C=C\CCCCCCCC(=O)OC(COC(=O)CCCCCCC/C=C\C/C=C\CCC)COC(=O)CCCCCCCCCCCCCCCCCC. The molecule has 62 heavy (non-hydrogen) atoms. The molecular formula is C56H98O6. The molecule has 0 aliphatic rings. The van der Waals surface area contributed by atoms with Crippen molar-refractivity contribution in [1.29, 1.82) is 0 Å². The molecule has 0 amide bonds. The molecule has 0 aliphatic carbocycles. The molecule has 0 aromatic rings. The van der Waals surface area contributed by atoms with E-state index < -0.39 is 6.10 Å². The number of allylic oxidation sites excluding steroid dienone is 10. The number of unbranched alkanes of at least 4 members (excludes halogenated alkanes) is 26. The molecule has 0 heterocycles. The lowest BCUT2D eigenvalue weighted by molar-refractivity contribution is -0.167. The quantitative estimate of drug-likeness (QED) is 0.0262. The number of ether oxygens (including phenoxy) is 3. The van der Waals surface area contributed by atoms with Crippen molar-refractivity contribution >= 4 is 17.9 Å². The molecule has 0 aromatic heterocycles. The molecule has 0 spiro atoms. The van der Waals surface area contributed by atoms with Gasteiger partial charge in [-0.1, -0.05) is 223 Å². The Hall–Kier alpha value is -2.89. The number of carbonyl (C=O) groups is 3. The molecule has 358 valence electrons. The van der Waals surface area contributed by atoms with Gasteiger partial charge in [0.15, 0.2) is 6.10 Å². The van der Waals surface area contributed by atoms with Gasteiger partial charge >= 0.3 is 17.9 Å². The van der Waals surface area contributed by atoms with Crippen LogP contribution in [0.1, 0.15) is 258 Å². The highest BCUT2D eigenvalue weighted by Gasteiger charge is 2.19. The van der Waals surface area contributed by atoms with Crippen LogP contribution in [0.3, 0.4) is 0 Å². The Labute approximate surface area is 383 Å². The lowest BCUT2D eigenvalue weighted by Gasteiger charge is -2.18. The average molecular weight is 867 g/mol. The second kappa shape index (κ2) is 50.8. The van der Waals surface area contributed by atoms with Gasteiger partial charge in [-0.2, -0.15) is 0 Å². The highest BCUT2D eigenvalue weighted by molar-refractivity contribution is 5.71. The second-order valence-electron chi connectivity index (χ2n) is 17.4. The fraction of sp³-hybridized carbons (Fsp3) is 0.768. The predicted octanol–water partition coefficient (Wildman–Crippen LogP) is 17.3. The third-order valence-electron chi connectivity index (χ3n) is 11.2. The van der Waals surface area contributed by atoms with Crippen molar-refractivity contribution in [3.8, 4) is 0 Å². The molecule has 1 unspecified atom stereocenters. The molecule has 0 N–H and O–H groups in total. The number of carbonyl (C=O) groups excluding carboxylic acids is 3. The van der Waals surface area contributed by atoms with E-state index in [1.54, 1.807) is 0 Å². The van der Waals surface area contributed by atoms with Crippen molar-refractivity contribution in [3.63, 3.8) is 0 Å². The van der Waals surface area contributed by atoms with Crippen LogP contribution in [0.5, 0.6) is 0 Å². The van der Waals surface area contributed by atoms with Gasteiger partial charge in [-0.3, -0.25) is 14.4 Å². The first-order valence-electron chi connectivity index (χ1n) is 26.3. The Morgan fingerprint density at radius 2 is 0.661 bits per heavy atom. The first-order valence-corrected chi connectivity index (χ1v) is 26.3. The van der Waals surface area contributed by atoms with Crippen LogP contribution in [0.2, 0.25) is 0 Å². The molecule has 0 saturated carbocycles. The normalized spacial score (nSPS) is 12.5. The van der Waals surface area contributed by atoms with Gasteiger partial charge in [-0.15, -0.1) is 0 Å². The van der Waals surface area contributed by atoms with Gasteiger partial charge in [0.25, 0.3) is 0 Å². The van der Waals surface area contributed by atoms with E-state index in [1.165, 1.54) is 96.3 Å². The maximum Gasteiger partial charge on any atom is 0.306 e. The number of hydrogen-bond acceptors (Lipinski definition) is 6. The summed E-state index contributed by atoms with van der Waals surface area (Å²) in [5, 5.41) is 0. The van der Waals surface area contributed by atoms with Gasteiger partial charge in [0.2, 0.25) is 0 Å². The first kappa shape index (κ1) is 59.1. The summed E-state index contributed by atoms with van der Waals surface area (Å²) >= 11 is 0. The topological polar surface area (TPSA) is 78.9 Å². The molecule has 0 aliphatic heterocycles. The predicted molar refractivity (Wildman–Crippen MR) is 265 cm³/mol. The highest BCUT2D eigenvalue weighted by Crippen LogP contribution is 2.15. The maximum atomic E-state index is 12.8. The maximum absolute atomic E-state index is 12.8. The first-order chi connectivity index (χ1) is 30.5. The fourth-order valence-corrected chi connectivity index (χ4v) is 7.32.